The number of furan rings is 1. The maximum Gasteiger partial charge on any atom is 0.196 e. The first-order valence-electron chi connectivity index (χ1n) is 7.21. The maximum atomic E-state index is 11.4. The van der Waals surface area contributed by atoms with Crippen molar-refractivity contribution >= 4 is 33.9 Å². The molecule has 22 heavy (non-hydrogen) atoms. The van der Waals surface area contributed by atoms with E-state index in [-0.39, 0.29) is 5.92 Å². The summed E-state index contributed by atoms with van der Waals surface area (Å²) >= 11 is 0. The fraction of sp³-hybridized carbons (Fsp3) is 0.312. The van der Waals surface area contributed by atoms with E-state index in [2.05, 4.69) is 15.3 Å². The van der Waals surface area contributed by atoms with E-state index in [4.69, 9.17) is 4.42 Å². The number of rotatable bonds is 5. The number of benzene rings is 1. The van der Waals surface area contributed by atoms with Crippen molar-refractivity contribution in [2.75, 3.05) is 5.32 Å². The lowest BCUT2D eigenvalue weighted by molar-refractivity contribution is -0.307. The van der Waals surface area contributed by atoms with Crippen molar-refractivity contribution in [3.05, 3.63) is 30.6 Å². The van der Waals surface area contributed by atoms with Crippen molar-refractivity contribution in [1.29, 1.82) is 0 Å². The summed E-state index contributed by atoms with van der Waals surface area (Å²) in [6.07, 6.45) is 2.11. The van der Waals surface area contributed by atoms with Gasteiger partial charge in [-0.3, -0.25) is 0 Å². The number of hydrogen-bond acceptors (Lipinski definition) is 6. The zero-order chi connectivity index (χ0) is 15.7. The highest BCUT2D eigenvalue weighted by Crippen LogP contribution is 2.31. The molecule has 0 radical (unpaired) electrons. The molecule has 0 aliphatic rings. The van der Waals surface area contributed by atoms with Crippen molar-refractivity contribution in [1.82, 2.24) is 9.97 Å². The fourth-order valence-corrected chi connectivity index (χ4v) is 2.44. The van der Waals surface area contributed by atoms with Crippen molar-refractivity contribution in [3.8, 4) is 0 Å². The summed E-state index contributed by atoms with van der Waals surface area (Å²) in [4.78, 5) is 19.7. The zero-order valence-electron chi connectivity index (χ0n) is 12.4. The number of carbonyl (C=O) groups is 1. The number of aliphatic carboxylic acids is 1. The van der Waals surface area contributed by atoms with Gasteiger partial charge >= 0.3 is 0 Å². The van der Waals surface area contributed by atoms with Crippen LogP contribution in [0.25, 0.3) is 22.1 Å². The first-order valence-corrected chi connectivity index (χ1v) is 7.21. The molecule has 0 saturated heterocycles. The van der Waals surface area contributed by atoms with E-state index in [1.54, 1.807) is 0 Å². The first-order chi connectivity index (χ1) is 10.6. The largest absolute Gasteiger partial charge is 0.548 e. The molecule has 0 amide bonds. The first kappa shape index (κ1) is 14.3. The van der Waals surface area contributed by atoms with Gasteiger partial charge in [-0.25, -0.2) is 9.97 Å². The Balaban J connectivity index is 2.09. The molecule has 0 bridgehead atoms. The molecule has 0 fully saturated rings. The summed E-state index contributed by atoms with van der Waals surface area (Å²) in [6, 6.07) is 6.68. The Morgan fingerprint density at radius 1 is 1.36 bits per heavy atom. The number of fused-ring (bicyclic) bond motifs is 3. The topological polar surface area (TPSA) is 91.1 Å². The number of carboxylic acids is 1. The van der Waals surface area contributed by atoms with E-state index in [1.807, 2.05) is 38.1 Å². The summed E-state index contributed by atoms with van der Waals surface area (Å²) in [5.74, 6) is -0.882. The normalized spacial score (nSPS) is 14.1. The van der Waals surface area contributed by atoms with Gasteiger partial charge in [0.25, 0.3) is 0 Å². The summed E-state index contributed by atoms with van der Waals surface area (Å²) in [5, 5.41) is 15.2. The molecule has 0 spiro atoms. The SMILES string of the molecule is CC[C@@H](C)[C@@H](Nc1ncnc2c1oc1ccccc12)C(=O)[O-]. The number of nitrogens with zero attached hydrogens (tertiary/aromatic N) is 2. The number of aromatic nitrogens is 2. The average molecular weight is 298 g/mol. The predicted octanol–water partition coefficient (Wildman–Crippen LogP) is 1.95. The van der Waals surface area contributed by atoms with E-state index in [0.29, 0.717) is 28.9 Å². The third kappa shape index (κ3) is 2.36. The van der Waals surface area contributed by atoms with Crippen LogP contribution >= 0.6 is 0 Å². The highest BCUT2D eigenvalue weighted by molar-refractivity contribution is 6.05. The number of para-hydroxylation sites is 1. The van der Waals surface area contributed by atoms with Crippen molar-refractivity contribution in [2.24, 2.45) is 5.92 Å². The number of nitrogens with one attached hydrogen (secondary N) is 1. The average Bonchev–Trinajstić information content (AvgIpc) is 2.91. The monoisotopic (exact) mass is 298 g/mol. The van der Waals surface area contributed by atoms with E-state index in [0.717, 1.165) is 5.39 Å². The Morgan fingerprint density at radius 2 is 2.14 bits per heavy atom. The van der Waals surface area contributed by atoms with Gasteiger partial charge in [-0.1, -0.05) is 32.4 Å². The summed E-state index contributed by atoms with van der Waals surface area (Å²) in [7, 11) is 0. The van der Waals surface area contributed by atoms with Crippen LogP contribution in [0.1, 0.15) is 20.3 Å². The number of anilines is 1. The van der Waals surface area contributed by atoms with Gasteiger partial charge in [-0.05, 0) is 18.1 Å². The number of hydrogen-bond donors (Lipinski definition) is 1. The second-order valence-corrected chi connectivity index (χ2v) is 5.32. The van der Waals surface area contributed by atoms with Gasteiger partial charge in [0.2, 0.25) is 0 Å². The van der Waals surface area contributed by atoms with Crippen LogP contribution < -0.4 is 10.4 Å². The summed E-state index contributed by atoms with van der Waals surface area (Å²) in [5.41, 5.74) is 1.81. The summed E-state index contributed by atoms with van der Waals surface area (Å²) < 4.78 is 5.78. The van der Waals surface area contributed by atoms with Crippen molar-refractivity contribution in [2.45, 2.75) is 26.3 Å². The van der Waals surface area contributed by atoms with E-state index in [9.17, 15) is 9.90 Å². The third-order valence-corrected chi connectivity index (χ3v) is 3.92. The van der Waals surface area contributed by atoms with Gasteiger partial charge in [0, 0.05) is 5.39 Å². The molecule has 2 heterocycles. The Morgan fingerprint density at radius 3 is 2.86 bits per heavy atom. The van der Waals surface area contributed by atoms with Crippen LogP contribution in [0.4, 0.5) is 5.82 Å². The maximum absolute atomic E-state index is 11.4. The molecule has 3 aromatic rings. The lowest BCUT2D eigenvalue weighted by Gasteiger charge is -2.25. The van der Waals surface area contributed by atoms with Crippen molar-refractivity contribution < 1.29 is 14.3 Å². The number of carbonyl (C=O) groups excluding carboxylic acids is 1. The van der Waals surface area contributed by atoms with Gasteiger partial charge < -0.3 is 19.6 Å². The second kappa shape index (κ2) is 5.63. The Bertz CT molecular complexity index is 828. The molecule has 6 heteroatoms. The predicted molar refractivity (Wildman–Crippen MR) is 81.2 cm³/mol. The third-order valence-electron chi connectivity index (χ3n) is 3.92. The van der Waals surface area contributed by atoms with Crippen LogP contribution in [0.5, 0.6) is 0 Å². The fourth-order valence-electron chi connectivity index (χ4n) is 2.44. The van der Waals surface area contributed by atoms with Crippen LogP contribution in [-0.4, -0.2) is 22.0 Å². The van der Waals surface area contributed by atoms with Gasteiger partial charge in [0.05, 0.1) is 12.0 Å². The molecular formula is C16H16N3O3-. The Hall–Kier alpha value is -2.63. The Labute approximate surface area is 127 Å². The minimum atomic E-state index is -1.16. The number of carboxylic acid groups (broad SMARTS) is 1. The van der Waals surface area contributed by atoms with Crippen LogP contribution in [0, 0.1) is 5.92 Å². The molecule has 0 unspecified atom stereocenters. The van der Waals surface area contributed by atoms with Gasteiger partial charge in [0.1, 0.15) is 17.4 Å². The molecule has 1 aromatic carbocycles. The van der Waals surface area contributed by atoms with E-state index < -0.39 is 12.0 Å². The van der Waals surface area contributed by atoms with Crippen molar-refractivity contribution in [3.63, 3.8) is 0 Å². The molecule has 0 saturated carbocycles. The van der Waals surface area contributed by atoms with Crippen LogP contribution in [0.15, 0.2) is 35.0 Å². The van der Waals surface area contributed by atoms with E-state index in [1.165, 1.54) is 6.33 Å². The van der Waals surface area contributed by atoms with Crippen LogP contribution in [-0.2, 0) is 4.79 Å². The second-order valence-electron chi connectivity index (χ2n) is 5.32. The minimum Gasteiger partial charge on any atom is -0.548 e. The Kier molecular flexibility index (Phi) is 3.66. The lowest BCUT2D eigenvalue weighted by Crippen LogP contribution is -2.45. The standard InChI is InChI=1S/C16H17N3O3/c1-3-9(2)12(16(20)21)19-15-14-13(17-8-18-15)10-6-4-5-7-11(10)22-14/h4-9,12H,3H2,1-2H3,(H,20,21)(H,17,18,19)/p-1/t9-,12-/m1/s1. The molecule has 0 aliphatic carbocycles. The zero-order valence-corrected chi connectivity index (χ0v) is 12.4. The van der Waals surface area contributed by atoms with Crippen LogP contribution in [0.3, 0.4) is 0 Å². The molecule has 3 rings (SSSR count). The molecule has 1 N–H and O–H groups in total. The van der Waals surface area contributed by atoms with Gasteiger partial charge in [-0.2, -0.15) is 0 Å². The molecule has 2 atom stereocenters. The van der Waals surface area contributed by atoms with Gasteiger partial charge in [0.15, 0.2) is 11.4 Å². The highest BCUT2D eigenvalue weighted by atomic mass is 16.4. The van der Waals surface area contributed by atoms with Gasteiger partial charge in [-0.15, -0.1) is 0 Å². The van der Waals surface area contributed by atoms with Crippen LogP contribution in [0.2, 0.25) is 0 Å². The molecule has 0 aliphatic heterocycles. The smallest absolute Gasteiger partial charge is 0.196 e. The molecule has 2 aromatic heterocycles. The highest BCUT2D eigenvalue weighted by Gasteiger charge is 2.20. The molecule has 6 nitrogen and oxygen atoms in total. The minimum absolute atomic E-state index is 0.0978. The quantitative estimate of drug-likeness (QED) is 0.774. The molecule has 114 valence electrons. The lowest BCUT2D eigenvalue weighted by atomic mass is 9.99. The molecular weight excluding hydrogens is 282 g/mol. The van der Waals surface area contributed by atoms with E-state index >= 15 is 0 Å². The summed E-state index contributed by atoms with van der Waals surface area (Å²) in [6.45, 7) is 3.78.